The number of guanidine groups is 1. The van der Waals surface area contributed by atoms with Gasteiger partial charge < -0.3 is 20.9 Å². The first-order valence-electron chi connectivity index (χ1n) is 6.75. The van der Waals surface area contributed by atoms with E-state index < -0.39 is 0 Å². The Kier molecular flexibility index (Phi) is 5.99. The Morgan fingerprint density at radius 3 is 2.57 bits per heavy atom. The molecule has 0 aliphatic heterocycles. The fourth-order valence-electron chi connectivity index (χ4n) is 1.79. The standard InChI is InChI=1S/C16H17BrN4O2/c1-22-14-5-2-11(3-6-14)10-23-15-7-4-13(17)8-12(15)9-20-21-16(18)19/h2-9H,10H2,1H3,(H4,18,19,21)/b20-9+. The van der Waals surface area contributed by atoms with Gasteiger partial charge in [-0.15, -0.1) is 5.10 Å². The lowest BCUT2D eigenvalue weighted by Crippen LogP contribution is -2.21. The second-order valence-corrected chi connectivity index (χ2v) is 5.50. The zero-order valence-corrected chi connectivity index (χ0v) is 14.2. The molecule has 0 unspecified atom stereocenters. The summed E-state index contributed by atoms with van der Waals surface area (Å²) in [5, 5.41) is 7.40. The third-order valence-corrected chi connectivity index (χ3v) is 3.39. The number of rotatable bonds is 6. The summed E-state index contributed by atoms with van der Waals surface area (Å²) < 4.78 is 11.9. The van der Waals surface area contributed by atoms with Gasteiger partial charge in [0, 0.05) is 10.0 Å². The molecule has 0 atom stereocenters. The molecule has 0 saturated carbocycles. The molecule has 0 heterocycles. The molecule has 0 fully saturated rings. The van der Waals surface area contributed by atoms with Gasteiger partial charge in [0.15, 0.2) is 0 Å². The molecule has 0 aromatic heterocycles. The van der Waals surface area contributed by atoms with Crippen molar-refractivity contribution in [2.24, 2.45) is 21.7 Å². The van der Waals surface area contributed by atoms with Crippen LogP contribution in [0.4, 0.5) is 0 Å². The summed E-state index contributed by atoms with van der Waals surface area (Å²) in [7, 11) is 1.63. The zero-order chi connectivity index (χ0) is 16.7. The summed E-state index contributed by atoms with van der Waals surface area (Å²) >= 11 is 3.41. The van der Waals surface area contributed by atoms with E-state index in [0.717, 1.165) is 21.3 Å². The minimum Gasteiger partial charge on any atom is -0.497 e. The number of benzene rings is 2. The predicted octanol–water partition coefficient (Wildman–Crippen LogP) is 2.64. The molecule has 7 heteroatoms. The molecule has 6 nitrogen and oxygen atoms in total. The lowest BCUT2D eigenvalue weighted by molar-refractivity contribution is 0.305. The summed E-state index contributed by atoms with van der Waals surface area (Å²) in [4.78, 5) is 0. The largest absolute Gasteiger partial charge is 0.497 e. The first-order chi connectivity index (χ1) is 11.1. The smallest absolute Gasteiger partial charge is 0.211 e. The van der Waals surface area contributed by atoms with Gasteiger partial charge in [0.25, 0.3) is 0 Å². The molecule has 2 rings (SSSR count). The molecule has 120 valence electrons. The van der Waals surface area contributed by atoms with Gasteiger partial charge in [0.1, 0.15) is 18.1 Å². The summed E-state index contributed by atoms with van der Waals surface area (Å²) in [5.41, 5.74) is 12.3. The van der Waals surface area contributed by atoms with E-state index in [1.54, 1.807) is 7.11 Å². The monoisotopic (exact) mass is 376 g/mol. The first kappa shape index (κ1) is 16.8. The molecule has 0 aliphatic carbocycles. The van der Waals surface area contributed by atoms with Crippen molar-refractivity contribution >= 4 is 28.1 Å². The van der Waals surface area contributed by atoms with E-state index in [1.807, 2.05) is 42.5 Å². The van der Waals surface area contributed by atoms with Crippen LogP contribution in [0.3, 0.4) is 0 Å². The van der Waals surface area contributed by atoms with Gasteiger partial charge in [-0.25, -0.2) is 0 Å². The minimum absolute atomic E-state index is 0.100. The quantitative estimate of drug-likeness (QED) is 0.460. The van der Waals surface area contributed by atoms with Crippen LogP contribution < -0.4 is 20.9 Å². The van der Waals surface area contributed by atoms with E-state index in [-0.39, 0.29) is 5.96 Å². The van der Waals surface area contributed by atoms with E-state index in [9.17, 15) is 0 Å². The third kappa shape index (κ3) is 5.30. The lowest BCUT2D eigenvalue weighted by Gasteiger charge is -2.10. The number of ether oxygens (including phenoxy) is 2. The molecule has 0 radical (unpaired) electrons. The normalized spacial score (nSPS) is 10.5. The van der Waals surface area contributed by atoms with Crippen LogP contribution in [0.2, 0.25) is 0 Å². The number of halogens is 1. The molecule has 0 saturated heterocycles. The van der Waals surface area contributed by atoms with Gasteiger partial charge in [-0.1, -0.05) is 28.1 Å². The summed E-state index contributed by atoms with van der Waals surface area (Å²) in [5.74, 6) is 1.39. The number of nitrogens with two attached hydrogens (primary N) is 2. The maximum Gasteiger partial charge on any atom is 0.211 e. The highest BCUT2D eigenvalue weighted by Crippen LogP contribution is 2.23. The molecule has 0 bridgehead atoms. The van der Waals surface area contributed by atoms with Crippen LogP contribution in [-0.4, -0.2) is 19.3 Å². The van der Waals surface area contributed by atoms with Crippen molar-refractivity contribution < 1.29 is 9.47 Å². The van der Waals surface area contributed by atoms with Gasteiger partial charge in [-0.05, 0) is 35.9 Å². The molecule has 4 N–H and O–H groups in total. The van der Waals surface area contributed by atoms with Crippen molar-refractivity contribution in [3.63, 3.8) is 0 Å². The molecule has 2 aromatic carbocycles. The van der Waals surface area contributed by atoms with E-state index in [4.69, 9.17) is 20.9 Å². The number of nitrogens with zero attached hydrogens (tertiary/aromatic N) is 2. The van der Waals surface area contributed by atoms with Crippen molar-refractivity contribution in [1.29, 1.82) is 0 Å². The van der Waals surface area contributed by atoms with Crippen LogP contribution in [0.25, 0.3) is 0 Å². The first-order valence-corrected chi connectivity index (χ1v) is 7.55. The maximum absolute atomic E-state index is 5.85. The molecule has 0 spiro atoms. The van der Waals surface area contributed by atoms with E-state index in [2.05, 4.69) is 26.1 Å². The number of hydrogen-bond donors (Lipinski definition) is 2. The highest BCUT2D eigenvalue weighted by atomic mass is 79.9. The molecular formula is C16H17BrN4O2. The second kappa shape index (κ2) is 8.19. The van der Waals surface area contributed by atoms with Crippen LogP contribution in [0, 0.1) is 0 Å². The SMILES string of the molecule is COc1ccc(COc2ccc(Br)cc2/C=N/N=C(N)N)cc1. The summed E-state index contributed by atoms with van der Waals surface area (Å²) in [6, 6.07) is 13.3. The van der Waals surface area contributed by atoms with Gasteiger partial charge in [-0.3, -0.25) is 0 Å². The van der Waals surface area contributed by atoms with Gasteiger partial charge >= 0.3 is 0 Å². The Labute approximate surface area is 142 Å². The molecule has 2 aromatic rings. The fraction of sp³-hybridized carbons (Fsp3) is 0.125. The highest BCUT2D eigenvalue weighted by molar-refractivity contribution is 9.10. The summed E-state index contributed by atoms with van der Waals surface area (Å²) in [6.07, 6.45) is 1.54. The second-order valence-electron chi connectivity index (χ2n) is 4.59. The van der Waals surface area contributed by atoms with Crippen molar-refractivity contribution in [2.45, 2.75) is 6.61 Å². The van der Waals surface area contributed by atoms with Crippen molar-refractivity contribution in [3.05, 3.63) is 58.1 Å². The number of methoxy groups -OCH3 is 1. The molecule has 0 aliphatic rings. The maximum atomic E-state index is 5.85. The van der Waals surface area contributed by atoms with Gasteiger partial charge in [0.2, 0.25) is 5.96 Å². The Morgan fingerprint density at radius 1 is 1.17 bits per heavy atom. The summed E-state index contributed by atoms with van der Waals surface area (Å²) in [6.45, 7) is 0.425. The van der Waals surface area contributed by atoms with E-state index in [1.165, 1.54) is 6.21 Å². The third-order valence-electron chi connectivity index (χ3n) is 2.90. The Balaban J connectivity index is 2.12. The Morgan fingerprint density at radius 2 is 1.91 bits per heavy atom. The van der Waals surface area contributed by atoms with E-state index in [0.29, 0.717) is 12.4 Å². The topological polar surface area (TPSA) is 95.2 Å². The van der Waals surface area contributed by atoms with Crippen LogP contribution in [0.15, 0.2) is 57.1 Å². The average Bonchev–Trinajstić information content (AvgIpc) is 2.54. The number of hydrogen-bond acceptors (Lipinski definition) is 4. The Bertz CT molecular complexity index is 711. The minimum atomic E-state index is -0.100. The van der Waals surface area contributed by atoms with Crippen LogP contribution in [-0.2, 0) is 6.61 Å². The van der Waals surface area contributed by atoms with Crippen LogP contribution in [0.5, 0.6) is 11.5 Å². The van der Waals surface area contributed by atoms with Crippen molar-refractivity contribution in [3.8, 4) is 11.5 Å². The molecule has 0 amide bonds. The van der Waals surface area contributed by atoms with Crippen LogP contribution in [0.1, 0.15) is 11.1 Å². The van der Waals surface area contributed by atoms with Crippen molar-refractivity contribution in [1.82, 2.24) is 0 Å². The van der Waals surface area contributed by atoms with Gasteiger partial charge in [-0.2, -0.15) is 5.10 Å². The van der Waals surface area contributed by atoms with Crippen molar-refractivity contribution in [2.75, 3.05) is 7.11 Å². The zero-order valence-electron chi connectivity index (χ0n) is 12.6. The molecular weight excluding hydrogens is 360 g/mol. The lowest BCUT2D eigenvalue weighted by atomic mass is 10.2. The van der Waals surface area contributed by atoms with Gasteiger partial charge in [0.05, 0.1) is 13.3 Å². The van der Waals surface area contributed by atoms with Crippen LogP contribution >= 0.6 is 15.9 Å². The average molecular weight is 377 g/mol. The predicted molar refractivity (Wildman–Crippen MR) is 94.9 cm³/mol. The molecule has 23 heavy (non-hydrogen) atoms. The van der Waals surface area contributed by atoms with E-state index >= 15 is 0 Å². The Hall–Kier alpha value is -2.54. The highest BCUT2D eigenvalue weighted by Gasteiger charge is 2.04. The fourth-order valence-corrected chi connectivity index (χ4v) is 2.17.